The highest BCUT2D eigenvalue weighted by Crippen LogP contribution is 2.42. The van der Waals surface area contributed by atoms with Gasteiger partial charge in [0.15, 0.2) is 0 Å². The second kappa shape index (κ2) is 4.43. The van der Waals surface area contributed by atoms with Crippen molar-refractivity contribution >= 4 is 11.3 Å². The average Bonchev–Trinajstić information content (AvgIpc) is 2.88. The third-order valence-electron chi connectivity index (χ3n) is 3.57. The van der Waals surface area contributed by atoms with E-state index in [4.69, 9.17) is 0 Å². The molecule has 1 saturated carbocycles. The predicted octanol–water partition coefficient (Wildman–Crippen LogP) is 1.98. The molecular formula is C12H18N2OS. The number of aliphatic hydroxyl groups is 1. The van der Waals surface area contributed by atoms with Crippen LogP contribution in [0.25, 0.3) is 0 Å². The van der Waals surface area contributed by atoms with Crippen molar-refractivity contribution in [2.75, 3.05) is 13.2 Å². The molecule has 1 aliphatic carbocycles. The van der Waals surface area contributed by atoms with Crippen molar-refractivity contribution in [2.24, 2.45) is 0 Å². The van der Waals surface area contributed by atoms with Gasteiger partial charge in [0.05, 0.1) is 11.6 Å². The smallest absolute Gasteiger partial charge is 0.0959 e. The third-order valence-corrected chi connectivity index (χ3v) is 4.71. The average molecular weight is 238 g/mol. The summed E-state index contributed by atoms with van der Waals surface area (Å²) in [4.78, 5) is 8.26. The molecule has 1 saturated heterocycles. The second-order valence-electron chi connectivity index (χ2n) is 4.89. The van der Waals surface area contributed by atoms with Gasteiger partial charge in [0.2, 0.25) is 0 Å². The monoisotopic (exact) mass is 238 g/mol. The lowest BCUT2D eigenvalue weighted by Crippen LogP contribution is -2.31. The van der Waals surface area contributed by atoms with E-state index in [0.717, 1.165) is 25.4 Å². The second-order valence-corrected chi connectivity index (χ2v) is 6.03. The van der Waals surface area contributed by atoms with Crippen molar-refractivity contribution in [1.82, 2.24) is 9.88 Å². The molecule has 1 N–H and O–H groups in total. The Labute approximate surface area is 100 Å². The van der Waals surface area contributed by atoms with Crippen molar-refractivity contribution in [3.05, 3.63) is 16.1 Å². The number of aromatic nitrogens is 1. The first-order valence-corrected chi connectivity index (χ1v) is 6.98. The van der Waals surface area contributed by atoms with E-state index in [1.54, 1.807) is 0 Å². The zero-order chi connectivity index (χ0) is 11.0. The molecule has 1 aromatic rings. The van der Waals surface area contributed by atoms with Crippen molar-refractivity contribution in [3.63, 3.8) is 0 Å². The van der Waals surface area contributed by atoms with E-state index in [2.05, 4.69) is 9.88 Å². The summed E-state index contributed by atoms with van der Waals surface area (Å²) >= 11 is 1.87. The van der Waals surface area contributed by atoms with E-state index in [9.17, 15) is 5.11 Å². The van der Waals surface area contributed by atoms with Gasteiger partial charge in [-0.1, -0.05) is 0 Å². The van der Waals surface area contributed by atoms with Gasteiger partial charge in [0, 0.05) is 29.6 Å². The van der Waals surface area contributed by atoms with Crippen LogP contribution in [-0.4, -0.2) is 34.2 Å². The molecule has 0 spiro atoms. The van der Waals surface area contributed by atoms with Crippen LogP contribution in [0.2, 0.25) is 0 Å². The lowest BCUT2D eigenvalue weighted by atomic mass is 10.2. The van der Waals surface area contributed by atoms with E-state index >= 15 is 0 Å². The number of aliphatic hydroxyl groups excluding tert-OH is 1. The molecule has 3 rings (SSSR count). The van der Waals surface area contributed by atoms with Crippen LogP contribution in [0.4, 0.5) is 0 Å². The Kier molecular flexibility index (Phi) is 2.96. The van der Waals surface area contributed by atoms with Crippen LogP contribution in [0.3, 0.4) is 0 Å². The maximum absolute atomic E-state index is 9.26. The summed E-state index contributed by atoms with van der Waals surface area (Å²) in [5, 5.41) is 10.6. The van der Waals surface area contributed by atoms with Crippen molar-refractivity contribution in [2.45, 2.75) is 44.2 Å². The van der Waals surface area contributed by atoms with E-state index in [0.29, 0.717) is 12.6 Å². The largest absolute Gasteiger partial charge is 0.395 e. The van der Waals surface area contributed by atoms with Gasteiger partial charge >= 0.3 is 0 Å². The summed E-state index contributed by atoms with van der Waals surface area (Å²) in [6.07, 6.45) is 7.06. The van der Waals surface area contributed by atoms with E-state index in [-0.39, 0.29) is 0 Å². The normalized spacial score (nSPS) is 26.4. The molecule has 1 aliphatic heterocycles. The first-order chi connectivity index (χ1) is 7.86. The minimum absolute atomic E-state index is 0.300. The highest BCUT2D eigenvalue weighted by Gasteiger charge is 2.28. The molecule has 0 radical (unpaired) electrons. The third kappa shape index (κ3) is 2.14. The highest BCUT2D eigenvalue weighted by molar-refractivity contribution is 7.11. The Hall–Kier alpha value is -0.450. The SMILES string of the molecule is OC[C@@H]1CCCN1Cc1cnc(C2CC2)s1. The van der Waals surface area contributed by atoms with Crippen LogP contribution in [0.15, 0.2) is 6.20 Å². The van der Waals surface area contributed by atoms with E-state index in [1.807, 2.05) is 17.5 Å². The van der Waals surface area contributed by atoms with Gasteiger partial charge in [0.25, 0.3) is 0 Å². The number of rotatable bonds is 4. The van der Waals surface area contributed by atoms with Gasteiger partial charge in [-0.25, -0.2) is 4.98 Å². The van der Waals surface area contributed by atoms with Gasteiger partial charge < -0.3 is 5.11 Å². The molecule has 0 aromatic carbocycles. The molecule has 2 fully saturated rings. The molecule has 0 amide bonds. The van der Waals surface area contributed by atoms with Crippen molar-refractivity contribution < 1.29 is 5.11 Å². The first-order valence-electron chi connectivity index (χ1n) is 6.16. The fourth-order valence-electron chi connectivity index (χ4n) is 2.42. The zero-order valence-corrected chi connectivity index (χ0v) is 10.2. The number of hydrogen-bond donors (Lipinski definition) is 1. The Bertz CT molecular complexity index is 362. The molecule has 0 bridgehead atoms. The minimum Gasteiger partial charge on any atom is -0.395 e. The Morgan fingerprint density at radius 3 is 3.06 bits per heavy atom. The molecule has 2 aliphatic rings. The van der Waals surface area contributed by atoms with Crippen LogP contribution < -0.4 is 0 Å². The van der Waals surface area contributed by atoms with Crippen LogP contribution in [0, 0.1) is 0 Å². The van der Waals surface area contributed by atoms with Crippen LogP contribution in [-0.2, 0) is 6.54 Å². The number of hydrogen-bond acceptors (Lipinski definition) is 4. The van der Waals surface area contributed by atoms with Crippen molar-refractivity contribution in [3.8, 4) is 0 Å². The topological polar surface area (TPSA) is 36.4 Å². The van der Waals surface area contributed by atoms with Gasteiger partial charge in [-0.05, 0) is 32.2 Å². The van der Waals surface area contributed by atoms with Gasteiger partial charge in [-0.15, -0.1) is 11.3 Å². The highest BCUT2D eigenvalue weighted by atomic mass is 32.1. The molecule has 1 aromatic heterocycles. The maximum atomic E-state index is 9.26. The number of thiazole rings is 1. The van der Waals surface area contributed by atoms with Crippen molar-refractivity contribution in [1.29, 1.82) is 0 Å². The summed E-state index contributed by atoms with van der Waals surface area (Å²) in [5.41, 5.74) is 0. The van der Waals surface area contributed by atoms with Crippen LogP contribution in [0.5, 0.6) is 0 Å². The molecule has 2 heterocycles. The summed E-state index contributed by atoms with van der Waals surface area (Å²) < 4.78 is 0. The fourth-order valence-corrected chi connectivity index (χ4v) is 3.54. The fraction of sp³-hybridized carbons (Fsp3) is 0.750. The van der Waals surface area contributed by atoms with Gasteiger partial charge in [-0.3, -0.25) is 4.90 Å². The first kappa shape index (κ1) is 10.7. The molecule has 88 valence electrons. The quantitative estimate of drug-likeness (QED) is 0.871. The Balaban J connectivity index is 1.63. The van der Waals surface area contributed by atoms with Crippen LogP contribution >= 0.6 is 11.3 Å². The van der Waals surface area contributed by atoms with Gasteiger partial charge in [0.1, 0.15) is 0 Å². The molecule has 16 heavy (non-hydrogen) atoms. The Morgan fingerprint density at radius 1 is 1.44 bits per heavy atom. The maximum Gasteiger partial charge on any atom is 0.0959 e. The standard InChI is InChI=1S/C12H18N2OS/c15-8-10-2-1-5-14(10)7-11-6-13-12(16-11)9-3-4-9/h6,9-10,15H,1-5,7-8H2/t10-/m0/s1. The Morgan fingerprint density at radius 2 is 2.31 bits per heavy atom. The molecule has 1 atom stereocenters. The molecule has 0 unspecified atom stereocenters. The number of nitrogens with zero attached hydrogens (tertiary/aromatic N) is 2. The minimum atomic E-state index is 0.300. The lowest BCUT2D eigenvalue weighted by Gasteiger charge is -2.21. The van der Waals surface area contributed by atoms with E-state index < -0.39 is 0 Å². The molecular weight excluding hydrogens is 220 g/mol. The summed E-state index contributed by atoms with van der Waals surface area (Å²) in [6, 6.07) is 0.381. The van der Waals surface area contributed by atoms with Crippen LogP contribution in [0.1, 0.15) is 41.5 Å². The predicted molar refractivity (Wildman–Crippen MR) is 64.6 cm³/mol. The van der Waals surface area contributed by atoms with E-state index in [1.165, 1.54) is 29.1 Å². The molecule has 3 nitrogen and oxygen atoms in total. The molecule has 4 heteroatoms. The summed E-state index contributed by atoms with van der Waals surface area (Å²) in [6.45, 7) is 2.41. The lowest BCUT2D eigenvalue weighted by molar-refractivity contribution is 0.154. The zero-order valence-electron chi connectivity index (χ0n) is 9.43. The van der Waals surface area contributed by atoms with Gasteiger partial charge in [-0.2, -0.15) is 0 Å². The summed E-state index contributed by atoms with van der Waals surface area (Å²) in [7, 11) is 0. The summed E-state index contributed by atoms with van der Waals surface area (Å²) in [5.74, 6) is 0.769. The number of likely N-dealkylation sites (tertiary alicyclic amines) is 1.